The molecular weight excluding hydrogens is 502 g/mol. The van der Waals surface area contributed by atoms with Gasteiger partial charge in [0.05, 0.1) is 17.3 Å². The van der Waals surface area contributed by atoms with Crippen molar-refractivity contribution < 1.29 is 9.53 Å². The first kappa shape index (κ1) is 23.9. The minimum absolute atomic E-state index is 0.102. The van der Waals surface area contributed by atoms with Gasteiger partial charge in [0.1, 0.15) is 11.1 Å². The number of benzene rings is 3. The van der Waals surface area contributed by atoms with Gasteiger partial charge in [0.25, 0.3) is 0 Å². The van der Waals surface area contributed by atoms with Gasteiger partial charge in [-0.05, 0) is 64.6 Å². The number of carbonyl (C=O) groups is 1. The highest BCUT2D eigenvalue weighted by molar-refractivity contribution is 6.33. The van der Waals surface area contributed by atoms with Crippen molar-refractivity contribution in [1.29, 1.82) is 0 Å². The van der Waals surface area contributed by atoms with E-state index in [-0.39, 0.29) is 5.41 Å². The zero-order chi connectivity index (χ0) is 26.1. The van der Waals surface area contributed by atoms with E-state index in [4.69, 9.17) is 16.3 Å². The number of nitrogens with zero attached hydrogens (tertiary/aromatic N) is 5. The first-order valence-corrected chi connectivity index (χ1v) is 12.6. The lowest BCUT2D eigenvalue weighted by Crippen LogP contribution is -2.18. The van der Waals surface area contributed by atoms with E-state index in [1.54, 1.807) is 4.68 Å². The Bertz CT molecular complexity index is 1550. The predicted molar refractivity (Wildman–Crippen MR) is 143 cm³/mol. The van der Waals surface area contributed by atoms with Crippen molar-refractivity contribution in [2.45, 2.75) is 31.3 Å². The Kier molecular flexibility index (Phi) is 6.13. The summed E-state index contributed by atoms with van der Waals surface area (Å²) in [6.45, 7) is 1.81. The zero-order valence-corrected chi connectivity index (χ0v) is 21.3. The Morgan fingerprint density at radius 3 is 2.34 bits per heavy atom. The molecule has 10 heteroatoms. The maximum absolute atomic E-state index is 12.6. The molecule has 9 nitrogen and oxygen atoms in total. The van der Waals surface area contributed by atoms with Crippen molar-refractivity contribution in [1.82, 2.24) is 30.4 Å². The van der Waals surface area contributed by atoms with Crippen LogP contribution in [0.5, 0.6) is 0 Å². The van der Waals surface area contributed by atoms with E-state index in [0.29, 0.717) is 10.8 Å². The third-order valence-electron chi connectivity index (χ3n) is 6.93. The number of tetrazole rings is 1. The monoisotopic (exact) mass is 525 g/mol. The standard InChI is InChI=1S/C28H24ClN7O2/c1-18(19-5-3-2-4-6-19)38-27(37)31-25-24(29)17-30-36(25)23-13-9-21(10-14-23)20-7-11-22(12-8-20)28(15-16-28)26-32-34-35-33-26/h2-14,17-18H,15-16H2,1H3,(H,31,37)(H,32,33,34,35). The van der Waals surface area contributed by atoms with Gasteiger partial charge in [-0.1, -0.05) is 78.3 Å². The van der Waals surface area contributed by atoms with Crippen molar-refractivity contribution in [3.63, 3.8) is 0 Å². The number of aromatic amines is 1. The molecule has 38 heavy (non-hydrogen) atoms. The topological polar surface area (TPSA) is 111 Å². The maximum Gasteiger partial charge on any atom is 0.413 e. The normalized spacial score (nSPS) is 14.6. The summed E-state index contributed by atoms with van der Waals surface area (Å²) in [5.41, 5.74) is 4.88. The zero-order valence-electron chi connectivity index (χ0n) is 20.5. The Balaban J connectivity index is 1.17. The molecule has 1 aliphatic rings. The summed E-state index contributed by atoms with van der Waals surface area (Å²) in [5.74, 6) is 1.15. The molecule has 2 heterocycles. The lowest BCUT2D eigenvalue weighted by Gasteiger charge is -2.15. The summed E-state index contributed by atoms with van der Waals surface area (Å²) in [6, 6.07) is 25.9. The quantitative estimate of drug-likeness (QED) is 0.266. The largest absolute Gasteiger partial charge is 0.441 e. The number of carbonyl (C=O) groups excluding carboxylic acids is 1. The van der Waals surface area contributed by atoms with E-state index in [9.17, 15) is 4.79 Å². The number of H-pyrrole nitrogens is 1. The number of anilines is 1. The molecule has 1 saturated carbocycles. The van der Waals surface area contributed by atoms with Crippen molar-refractivity contribution in [2.75, 3.05) is 5.32 Å². The fourth-order valence-electron chi connectivity index (χ4n) is 4.64. The number of ether oxygens (including phenoxy) is 1. The average Bonchev–Trinajstić information content (AvgIpc) is 3.40. The molecule has 1 atom stereocenters. The predicted octanol–water partition coefficient (Wildman–Crippen LogP) is 6.10. The molecule has 1 unspecified atom stereocenters. The van der Waals surface area contributed by atoms with Crippen LogP contribution in [-0.4, -0.2) is 36.5 Å². The van der Waals surface area contributed by atoms with Crippen LogP contribution < -0.4 is 5.32 Å². The van der Waals surface area contributed by atoms with Gasteiger partial charge < -0.3 is 4.74 Å². The van der Waals surface area contributed by atoms with E-state index in [2.05, 4.69) is 55.3 Å². The number of aromatic nitrogens is 6. The first-order valence-electron chi connectivity index (χ1n) is 12.3. The van der Waals surface area contributed by atoms with E-state index in [1.807, 2.05) is 61.5 Å². The summed E-state index contributed by atoms with van der Waals surface area (Å²) in [7, 11) is 0. The smallest absolute Gasteiger partial charge is 0.413 e. The van der Waals surface area contributed by atoms with E-state index in [1.165, 1.54) is 11.8 Å². The van der Waals surface area contributed by atoms with Crippen LogP contribution in [0.4, 0.5) is 10.6 Å². The number of nitrogens with one attached hydrogen (secondary N) is 2. The Morgan fingerprint density at radius 2 is 1.71 bits per heavy atom. The molecule has 0 saturated heterocycles. The van der Waals surface area contributed by atoms with Crippen molar-refractivity contribution in [2.24, 2.45) is 0 Å². The second-order valence-electron chi connectivity index (χ2n) is 9.29. The SMILES string of the molecule is CC(OC(=O)Nc1c(Cl)cnn1-c1ccc(-c2ccc(C3(c4nnn[nH]4)CC3)cc2)cc1)c1ccccc1. The van der Waals surface area contributed by atoms with Crippen molar-refractivity contribution in [3.8, 4) is 16.8 Å². The summed E-state index contributed by atoms with van der Waals surface area (Å²) in [5, 5.41) is 21.9. The van der Waals surface area contributed by atoms with Crippen molar-refractivity contribution >= 4 is 23.5 Å². The third kappa shape index (κ3) is 4.52. The van der Waals surface area contributed by atoms with E-state index < -0.39 is 12.2 Å². The second kappa shape index (κ2) is 9.75. The molecule has 0 radical (unpaired) electrons. The molecule has 3 aromatic carbocycles. The van der Waals surface area contributed by atoms with Crippen LogP contribution in [0, 0.1) is 0 Å². The van der Waals surface area contributed by atoms with Crippen LogP contribution in [0.25, 0.3) is 16.8 Å². The number of hydrogen-bond acceptors (Lipinski definition) is 6. The minimum atomic E-state index is -0.615. The van der Waals surface area contributed by atoms with Crippen LogP contribution in [0.2, 0.25) is 5.02 Å². The van der Waals surface area contributed by atoms with Gasteiger partial charge in [-0.25, -0.2) is 14.6 Å². The Morgan fingerprint density at radius 1 is 1.03 bits per heavy atom. The van der Waals surface area contributed by atoms with E-state index >= 15 is 0 Å². The molecule has 2 aromatic heterocycles. The average molecular weight is 526 g/mol. The summed E-state index contributed by atoms with van der Waals surface area (Å²) >= 11 is 6.35. The number of hydrogen-bond donors (Lipinski definition) is 2. The summed E-state index contributed by atoms with van der Waals surface area (Å²) in [6.07, 6.45) is 2.51. The van der Waals surface area contributed by atoms with Gasteiger partial charge in [-0.15, -0.1) is 5.10 Å². The van der Waals surface area contributed by atoms with Gasteiger partial charge in [-0.2, -0.15) is 5.10 Å². The van der Waals surface area contributed by atoms with Gasteiger partial charge in [0, 0.05) is 0 Å². The molecule has 0 spiro atoms. The molecule has 1 amide bonds. The van der Waals surface area contributed by atoms with Crippen LogP contribution in [-0.2, 0) is 10.2 Å². The molecule has 1 fully saturated rings. The number of rotatable bonds is 7. The second-order valence-corrected chi connectivity index (χ2v) is 9.70. The minimum Gasteiger partial charge on any atom is -0.441 e. The molecule has 5 aromatic rings. The number of halogens is 1. The first-order chi connectivity index (χ1) is 18.5. The molecule has 6 rings (SSSR count). The van der Waals surface area contributed by atoms with Crippen LogP contribution in [0.3, 0.4) is 0 Å². The van der Waals surface area contributed by atoms with Crippen LogP contribution in [0.15, 0.2) is 85.1 Å². The Hall–Kier alpha value is -4.50. The summed E-state index contributed by atoms with van der Waals surface area (Å²) in [4.78, 5) is 12.6. The maximum atomic E-state index is 12.6. The van der Waals surface area contributed by atoms with Gasteiger partial charge in [0.15, 0.2) is 11.6 Å². The molecule has 1 aliphatic carbocycles. The lowest BCUT2D eigenvalue weighted by atomic mass is 9.93. The Labute approximate surface area is 223 Å². The molecule has 190 valence electrons. The lowest BCUT2D eigenvalue weighted by molar-refractivity contribution is 0.121. The molecular formula is C28H24ClN7O2. The third-order valence-corrected chi connectivity index (χ3v) is 7.21. The van der Waals surface area contributed by atoms with Crippen molar-refractivity contribution in [3.05, 3.63) is 107 Å². The number of amides is 1. The molecule has 2 N–H and O–H groups in total. The highest BCUT2D eigenvalue weighted by atomic mass is 35.5. The molecule has 0 bridgehead atoms. The molecule has 0 aliphatic heterocycles. The van der Waals surface area contributed by atoms with Gasteiger partial charge in [0.2, 0.25) is 0 Å². The fraction of sp³-hybridized carbons (Fsp3) is 0.179. The van der Waals surface area contributed by atoms with Crippen LogP contribution >= 0.6 is 11.6 Å². The van der Waals surface area contributed by atoms with Gasteiger partial charge in [-0.3, -0.25) is 5.32 Å². The van der Waals surface area contributed by atoms with Gasteiger partial charge >= 0.3 is 6.09 Å². The highest BCUT2D eigenvalue weighted by Crippen LogP contribution is 2.52. The van der Waals surface area contributed by atoms with E-state index in [0.717, 1.165) is 41.0 Å². The fourth-order valence-corrected chi connectivity index (χ4v) is 4.81. The highest BCUT2D eigenvalue weighted by Gasteiger charge is 2.49. The van der Waals surface area contributed by atoms with Crippen LogP contribution in [0.1, 0.15) is 42.8 Å². The summed E-state index contributed by atoms with van der Waals surface area (Å²) < 4.78 is 7.11.